The molecule has 6 heteroatoms. The molecule has 0 aliphatic heterocycles. The van der Waals surface area contributed by atoms with Crippen molar-refractivity contribution in [2.24, 2.45) is 5.92 Å². The zero-order valence-corrected chi connectivity index (χ0v) is 16.6. The highest BCUT2D eigenvalue weighted by Crippen LogP contribution is 2.48. The first-order valence-electron chi connectivity index (χ1n) is 9.65. The predicted molar refractivity (Wildman–Crippen MR) is 105 cm³/mol. The molecule has 0 fully saturated rings. The van der Waals surface area contributed by atoms with Gasteiger partial charge < -0.3 is 15.3 Å². The fraction of sp³-hybridized carbons (Fsp3) is 0.619. The number of phenols is 2. The van der Waals surface area contributed by atoms with Crippen molar-refractivity contribution in [2.75, 3.05) is 0 Å². The van der Waals surface area contributed by atoms with Gasteiger partial charge in [-0.3, -0.25) is 10.1 Å². The minimum atomic E-state index is -1.20. The summed E-state index contributed by atoms with van der Waals surface area (Å²) < 4.78 is 0. The topological polar surface area (TPSA) is 104 Å². The molecule has 1 aliphatic carbocycles. The predicted octanol–water partition coefficient (Wildman–Crippen LogP) is 4.30. The van der Waals surface area contributed by atoms with Gasteiger partial charge in [0.1, 0.15) is 11.5 Å². The highest BCUT2D eigenvalue weighted by atomic mass is 16.6. The van der Waals surface area contributed by atoms with Crippen molar-refractivity contribution >= 4 is 0 Å². The van der Waals surface area contributed by atoms with Crippen LogP contribution >= 0.6 is 0 Å². The first-order chi connectivity index (χ1) is 12.6. The number of rotatable bonds is 7. The molecule has 0 amide bonds. The van der Waals surface area contributed by atoms with Gasteiger partial charge in [-0.2, -0.15) is 0 Å². The van der Waals surface area contributed by atoms with E-state index in [0.29, 0.717) is 11.1 Å². The molecule has 6 nitrogen and oxygen atoms in total. The lowest BCUT2D eigenvalue weighted by molar-refractivity contribution is -0.516. The molecule has 3 unspecified atom stereocenters. The van der Waals surface area contributed by atoms with Crippen LogP contribution in [0, 0.1) is 16.0 Å². The number of hydrogen-bond acceptors (Lipinski definition) is 5. The third kappa shape index (κ3) is 4.80. The Balaban J connectivity index is 2.45. The average Bonchev–Trinajstić information content (AvgIpc) is 2.53. The number of aliphatic hydroxyl groups is 1. The molecule has 0 radical (unpaired) electrons. The smallest absolute Gasteiger partial charge is 0.234 e. The number of aromatic hydroxyl groups is 2. The van der Waals surface area contributed by atoms with Crippen LogP contribution in [0.1, 0.15) is 70.4 Å². The Morgan fingerprint density at radius 3 is 2.30 bits per heavy atom. The van der Waals surface area contributed by atoms with E-state index in [-0.39, 0.29) is 22.8 Å². The maximum absolute atomic E-state index is 11.4. The van der Waals surface area contributed by atoms with Crippen molar-refractivity contribution in [3.8, 4) is 11.5 Å². The lowest BCUT2D eigenvalue weighted by atomic mass is 9.68. The summed E-state index contributed by atoms with van der Waals surface area (Å²) in [5.41, 5.74) is 0.579. The summed E-state index contributed by atoms with van der Waals surface area (Å²) in [6.07, 6.45) is 5.79. The quantitative estimate of drug-likeness (QED) is 0.284. The summed E-state index contributed by atoms with van der Waals surface area (Å²) in [6, 6.07) is 2.46. The van der Waals surface area contributed by atoms with Crippen molar-refractivity contribution in [3.05, 3.63) is 45.0 Å². The van der Waals surface area contributed by atoms with Gasteiger partial charge in [-0.05, 0) is 56.9 Å². The molecule has 2 rings (SSSR count). The molecule has 0 spiro atoms. The molecular weight excluding hydrogens is 346 g/mol. The van der Waals surface area contributed by atoms with Crippen molar-refractivity contribution < 1.29 is 20.2 Å². The highest BCUT2D eigenvalue weighted by Gasteiger charge is 2.44. The third-order valence-corrected chi connectivity index (χ3v) is 5.64. The zero-order valence-electron chi connectivity index (χ0n) is 16.6. The van der Waals surface area contributed by atoms with Crippen LogP contribution in [-0.4, -0.2) is 31.9 Å². The Bertz CT molecular complexity index is 697. The van der Waals surface area contributed by atoms with Crippen LogP contribution in [0.25, 0.3) is 0 Å². The van der Waals surface area contributed by atoms with Gasteiger partial charge in [0.15, 0.2) is 0 Å². The number of nitro groups is 1. The Morgan fingerprint density at radius 1 is 1.22 bits per heavy atom. The Morgan fingerprint density at radius 2 is 1.81 bits per heavy atom. The summed E-state index contributed by atoms with van der Waals surface area (Å²) in [6.45, 7) is 7.03. The molecule has 27 heavy (non-hydrogen) atoms. The molecule has 3 atom stereocenters. The number of nitrogens with zero attached hydrogens (tertiary/aromatic N) is 1. The molecule has 0 heterocycles. The Labute approximate surface area is 160 Å². The molecule has 0 saturated carbocycles. The van der Waals surface area contributed by atoms with Gasteiger partial charge in [-0.1, -0.05) is 25.8 Å². The summed E-state index contributed by atoms with van der Waals surface area (Å²) in [4.78, 5) is 11.0. The number of unbranched alkanes of at least 4 members (excludes halogenated alkanes) is 2. The van der Waals surface area contributed by atoms with Gasteiger partial charge in [0.25, 0.3) is 0 Å². The second kappa shape index (κ2) is 8.30. The summed E-state index contributed by atoms with van der Waals surface area (Å²) in [5, 5.41) is 43.2. The highest BCUT2D eigenvalue weighted by molar-refractivity contribution is 5.51. The van der Waals surface area contributed by atoms with Crippen LogP contribution < -0.4 is 0 Å². The molecule has 0 saturated heterocycles. The first kappa shape index (κ1) is 21.2. The van der Waals surface area contributed by atoms with E-state index in [9.17, 15) is 25.4 Å². The van der Waals surface area contributed by atoms with E-state index in [1.54, 1.807) is 39.0 Å². The largest absolute Gasteiger partial charge is 0.507 e. The van der Waals surface area contributed by atoms with E-state index >= 15 is 0 Å². The number of allylic oxidation sites excluding steroid dienone is 1. The average molecular weight is 377 g/mol. The van der Waals surface area contributed by atoms with Crippen LogP contribution in [0.4, 0.5) is 0 Å². The number of hydrogen-bond donors (Lipinski definition) is 3. The van der Waals surface area contributed by atoms with Gasteiger partial charge in [-0.25, -0.2) is 0 Å². The SMILES string of the molecule is CCCCCc1cc(O)c(C2C=C(C)C([N+](=O)[O-])CC2C(C)(C)O)c(O)c1. The maximum Gasteiger partial charge on any atom is 0.234 e. The third-order valence-electron chi connectivity index (χ3n) is 5.64. The lowest BCUT2D eigenvalue weighted by Gasteiger charge is -2.39. The van der Waals surface area contributed by atoms with E-state index < -0.39 is 23.5 Å². The summed E-state index contributed by atoms with van der Waals surface area (Å²) in [5.74, 6) is -1.04. The number of benzene rings is 1. The fourth-order valence-electron chi connectivity index (χ4n) is 4.09. The van der Waals surface area contributed by atoms with Crippen LogP contribution in [0.2, 0.25) is 0 Å². The molecule has 0 aromatic heterocycles. The van der Waals surface area contributed by atoms with Crippen molar-refractivity contribution in [3.63, 3.8) is 0 Å². The molecule has 150 valence electrons. The summed E-state index contributed by atoms with van der Waals surface area (Å²) >= 11 is 0. The fourth-order valence-corrected chi connectivity index (χ4v) is 4.09. The van der Waals surface area contributed by atoms with E-state index in [1.807, 2.05) is 0 Å². The molecule has 1 aromatic carbocycles. The normalized spacial score (nSPS) is 23.1. The van der Waals surface area contributed by atoms with E-state index in [4.69, 9.17) is 0 Å². The van der Waals surface area contributed by atoms with Crippen molar-refractivity contribution in [2.45, 2.75) is 77.4 Å². The molecule has 1 aliphatic rings. The Hall–Kier alpha value is -2.08. The molecule has 3 N–H and O–H groups in total. The van der Waals surface area contributed by atoms with E-state index in [1.165, 1.54) is 0 Å². The van der Waals surface area contributed by atoms with Crippen LogP contribution in [-0.2, 0) is 6.42 Å². The second-order valence-electron chi connectivity index (χ2n) is 8.24. The Kier molecular flexibility index (Phi) is 6.52. The van der Waals surface area contributed by atoms with Crippen LogP contribution in [0.15, 0.2) is 23.8 Å². The number of aryl methyl sites for hydroxylation is 1. The minimum Gasteiger partial charge on any atom is -0.507 e. The maximum atomic E-state index is 11.4. The molecular formula is C21H31NO5. The van der Waals surface area contributed by atoms with Gasteiger partial charge in [0.05, 0.1) is 5.60 Å². The van der Waals surface area contributed by atoms with E-state index in [0.717, 1.165) is 31.2 Å². The number of phenolic OH excluding ortho intramolecular Hbond substituents is 2. The summed E-state index contributed by atoms with van der Waals surface area (Å²) in [7, 11) is 0. The standard InChI is InChI=1S/C21H31NO5/c1-5-6-7-8-14-10-18(23)20(19(24)11-14)15-9-13(2)17(22(26)27)12-16(15)21(3,4)25/h9-11,15-17,23-25H,5-8,12H2,1-4H3. The lowest BCUT2D eigenvalue weighted by Crippen LogP contribution is -2.42. The van der Waals surface area contributed by atoms with E-state index in [2.05, 4.69) is 6.92 Å². The van der Waals surface area contributed by atoms with Gasteiger partial charge >= 0.3 is 0 Å². The minimum absolute atomic E-state index is 0.0237. The van der Waals surface area contributed by atoms with Gasteiger partial charge in [-0.15, -0.1) is 0 Å². The second-order valence-corrected chi connectivity index (χ2v) is 8.24. The zero-order chi connectivity index (χ0) is 20.4. The molecule has 0 bridgehead atoms. The van der Waals surface area contributed by atoms with Crippen LogP contribution in [0.3, 0.4) is 0 Å². The van der Waals surface area contributed by atoms with Crippen molar-refractivity contribution in [1.29, 1.82) is 0 Å². The monoisotopic (exact) mass is 377 g/mol. The molecule has 1 aromatic rings. The van der Waals surface area contributed by atoms with Gasteiger partial charge in [0, 0.05) is 28.7 Å². The first-order valence-corrected chi connectivity index (χ1v) is 9.65. The van der Waals surface area contributed by atoms with Crippen LogP contribution in [0.5, 0.6) is 11.5 Å². The van der Waals surface area contributed by atoms with Gasteiger partial charge in [0.2, 0.25) is 6.04 Å². The van der Waals surface area contributed by atoms with Crippen molar-refractivity contribution in [1.82, 2.24) is 0 Å².